The molecule has 2 aromatic carbocycles. The molecule has 0 aliphatic carbocycles. The van der Waals surface area contributed by atoms with Crippen molar-refractivity contribution in [1.29, 1.82) is 5.26 Å². The lowest BCUT2D eigenvalue weighted by Gasteiger charge is -2.45. The Kier molecular flexibility index (Phi) is 5.48. The normalized spacial score (nSPS) is 18.0. The SMILES string of the molecule is Cc1cccc(NC(=O)/C(C#N)=C/c2cc3c(cc2F)N(C)C(C)(C)CC3C)c1. The Labute approximate surface area is 171 Å². The zero-order chi connectivity index (χ0) is 21.3. The quantitative estimate of drug-likeness (QED) is 0.563. The van der Waals surface area contributed by atoms with E-state index >= 15 is 0 Å². The van der Waals surface area contributed by atoms with Crippen molar-refractivity contribution < 1.29 is 9.18 Å². The third-order valence-electron chi connectivity index (χ3n) is 5.69. The summed E-state index contributed by atoms with van der Waals surface area (Å²) < 4.78 is 14.9. The summed E-state index contributed by atoms with van der Waals surface area (Å²) in [5.41, 5.74) is 3.51. The van der Waals surface area contributed by atoms with Crippen molar-refractivity contribution >= 4 is 23.4 Å². The van der Waals surface area contributed by atoms with Gasteiger partial charge < -0.3 is 10.2 Å². The predicted octanol–water partition coefficient (Wildman–Crippen LogP) is 5.40. The van der Waals surface area contributed by atoms with Gasteiger partial charge in [-0.3, -0.25) is 4.79 Å². The number of nitrogens with zero attached hydrogens (tertiary/aromatic N) is 2. The zero-order valence-electron chi connectivity index (χ0n) is 17.5. The van der Waals surface area contributed by atoms with Crippen LogP contribution < -0.4 is 10.2 Å². The number of amides is 1. The van der Waals surface area contributed by atoms with Crippen molar-refractivity contribution in [2.75, 3.05) is 17.3 Å². The molecule has 1 N–H and O–H groups in total. The third kappa shape index (κ3) is 4.17. The molecule has 2 aromatic rings. The highest BCUT2D eigenvalue weighted by atomic mass is 19.1. The predicted molar refractivity (Wildman–Crippen MR) is 115 cm³/mol. The van der Waals surface area contributed by atoms with E-state index in [2.05, 4.69) is 31.0 Å². The van der Waals surface area contributed by atoms with Gasteiger partial charge in [-0.1, -0.05) is 19.1 Å². The monoisotopic (exact) mass is 391 g/mol. The van der Waals surface area contributed by atoms with Gasteiger partial charge in [-0.05, 0) is 74.6 Å². The average molecular weight is 391 g/mol. The summed E-state index contributed by atoms with van der Waals surface area (Å²) in [7, 11) is 1.97. The lowest BCUT2D eigenvalue weighted by atomic mass is 9.80. The second-order valence-corrected chi connectivity index (χ2v) is 8.40. The molecule has 1 aliphatic heterocycles. The Hall–Kier alpha value is -3.13. The molecule has 4 nitrogen and oxygen atoms in total. The lowest BCUT2D eigenvalue weighted by Crippen LogP contribution is -2.45. The molecule has 0 spiro atoms. The molecule has 1 aliphatic rings. The summed E-state index contributed by atoms with van der Waals surface area (Å²) in [6.45, 7) is 8.32. The molecule has 5 heteroatoms. The molecule has 1 unspecified atom stereocenters. The maximum absolute atomic E-state index is 14.9. The first-order valence-corrected chi connectivity index (χ1v) is 9.69. The lowest BCUT2D eigenvalue weighted by molar-refractivity contribution is -0.112. The van der Waals surface area contributed by atoms with Crippen LogP contribution in [0.4, 0.5) is 15.8 Å². The molecule has 1 atom stereocenters. The van der Waals surface area contributed by atoms with Gasteiger partial charge in [-0.2, -0.15) is 5.26 Å². The van der Waals surface area contributed by atoms with Crippen molar-refractivity contribution in [1.82, 2.24) is 0 Å². The van der Waals surface area contributed by atoms with E-state index in [4.69, 9.17) is 0 Å². The first kappa shape index (κ1) is 20.6. The molecule has 0 aromatic heterocycles. The smallest absolute Gasteiger partial charge is 0.266 e. The van der Waals surface area contributed by atoms with Crippen molar-refractivity contribution in [2.24, 2.45) is 0 Å². The van der Waals surface area contributed by atoms with Gasteiger partial charge in [0, 0.05) is 29.5 Å². The van der Waals surface area contributed by atoms with Crippen molar-refractivity contribution in [3.8, 4) is 6.07 Å². The highest BCUT2D eigenvalue weighted by Crippen LogP contribution is 2.43. The van der Waals surface area contributed by atoms with E-state index < -0.39 is 11.7 Å². The Morgan fingerprint density at radius 3 is 2.72 bits per heavy atom. The van der Waals surface area contributed by atoms with E-state index in [1.165, 1.54) is 12.1 Å². The second-order valence-electron chi connectivity index (χ2n) is 8.40. The number of nitriles is 1. The van der Waals surface area contributed by atoms with Crippen LogP contribution in [0, 0.1) is 24.1 Å². The molecule has 0 radical (unpaired) electrons. The van der Waals surface area contributed by atoms with Crippen LogP contribution in [0.15, 0.2) is 42.0 Å². The molecule has 150 valence electrons. The Morgan fingerprint density at radius 2 is 2.07 bits per heavy atom. The van der Waals surface area contributed by atoms with E-state index in [1.807, 2.05) is 38.2 Å². The summed E-state index contributed by atoms with van der Waals surface area (Å²) in [5, 5.41) is 12.2. The number of benzene rings is 2. The maximum Gasteiger partial charge on any atom is 0.266 e. The number of halogens is 1. The van der Waals surface area contributed by atoms with Gasteiger partial charge >= 0.3 is 0 Å². The van der Waals surface area contributed by atoms with Gasteiger partial charge in [0.2, 0.25) is 0 Å². The van der Waals surface area contributed by atoms with Crippen LogP contribution in [0.3, 0.4) is 0 Å². The van der Waals surface area contributed by atoms with E-state index in [-0.39, 0.29) is 22.6 Å². The van der Waals surface area contributed by atoms with E-state index in [0.29, 0.717) is 5.69 Å². The molecular weight excluding hydrogens is 365 g/mol. The van der Waals surface area contributed by atoms with E-state index in [9.17, 15) is 14.4 Å². The topological polar surface area (TPSA) is 56.1 Å². The fourth-order valence-corrected chi connectivity index (χ4v) is 3.94. The van der Waals surface area contributed by atoms with Gasteiger partial charge in [0.25, 0.3) is 5.91 Å². The molecule has 3 rings (SSSR count). The van der Waals surface area contributed by atoms with Gasteiger partial charge in [0.15, 0.2) is 0 Å². The van der Waals surface area contributed by atoms with Crippen LogP contribution >= 0.6 is 0 Å². The maximum atomic E-state index is 14.9. The molecule has 1 heterocycles. The number of hydrogen-bond donors (Lipinski definition) is 1. The van der Waals surface area contributed by atoms with Crippen LogP contribution in [-0.2, 0) is 4.79 Å². The first-order chi connectivity index (χ1) is 13.6. The fourth-order valence-electron chi connectivity index (χ4n) is 3.94. The standard InChI is InChI=1S/C24H26FN3O/c1-15-7-6-8-19(9-15)27-23(29)18(14-26)10-17-11-20-16(2)13-24(3,4)28(5)22(20)12-21(17)25/h6-12,16H,13H2,1-5H3,(H,27,29)/b18-10+. The Bertz CT molecular complexity index is 1030. The van der Waals surface area contributed by atoms with Gasteiger partial charge in [-0.25, -0.2) is 4.39 Å². The Balaban J connectivity index is 1.95. The molecular formula is C24H26FN3O. The molecule has 0 saturated carbocycles. The number of aryl methyl sites for hydroxylation is 1. The number of carbonyl (C=O) groups is 1. The summed E-state index contributed by atoms with van der Waals surface area (Å²) in [4.78, 5) is 14.6. The second kappa shape index (κ2) is 7.71. The summed E-state index contributed by atoms with van der Waals surface area (Å²) in [6.07, 6.45) is 2.26. The van der Waals surface area contributed by atoms with E-state index in [1.54, 1.807) is 12.1 Å². The number of rotatable bonds is 3. The van der Waals surface area contributed by atoms with Crippen LogP contribution in [0.25, 0.3) is 6.08 Å². The van der Waals surface area contributed by atoms with Crippen LogP contribution in [0.1, 0.15) is 49.8 Å². The molecule has 1 amide bonds. The van der Waals surface area contributed by atoms with Crippen LogP contribution in [0.5, 0.6) is 0 Å². The van der Waals surface area contributed by atoms with Crippen LogP contribution in [-0.4, -0.2) is 18.5 Å². The summed E-state index contributed by atoms with van der Waals surface area (Å²) in [5.74, 6) is -0.756. The van der Waals surface area contributed by atoms with E-state index in [0.717, 1.165) is 23.2 Å². The molecule has 29 heavy (non-hydrogen) atoms. The minimum atomic E-state index is -0.554. The fraction of sp³-hybridized carbons (Fsp3) is 0.333. The number of hydrogen-bond acceptors (Lipinski definition) is 3. The largest absolute Gasteiger partial charge is 0.369 e. The number of fused-ring (bicyclic) bond motifs is 1. The molecule has 0 saturated heterocycles. The third-order valence-corrected chi connectivity index (χ3v) is 5.69. The average Bonchev–Trinajstić information content (AvgIpc) is 2.64. The van der Waals surface area contributed by atoms with Crippen LogP contribution in [0.2, 0.25) is 0 Å². The summed E-state index contributed by atoms with van der Waals surface area (Å²) in [6, 6.07) is 12.5. The number of anilines is 2. The van der Waals surface area contributed by atoms with Gasteiger partial charge in [0.05, 0.1) is 0 Å². The molecule has 0 bridgehead atoms. The number of carbonyl (C=O) groups excluding carboxylic acids is 1. The van der Waals surface area contributed by atoms with Crippen molar-refractivity contribution in [3.05, 3.63) is 64.5 Å². The highest BCUT2D eigenvalue weighted by Gasteiger charge is 2.34. The van der Waals surface area contributed by atoms with Gasteiger partial charge in [0.1, 0.15) is 17.5 Å². The first-order valence-electron chi connectivity index (χ1n) is 9.69. The highest BCUT2D eigenvalue weighted by molar-refractivity contribution is 6.09. The van der Waals surface area contributed by atoms with Crippen molar-refractivity contribution in [3.63, 3.8) is 0 Å². The zero-order valence-corrected chi connectivity index (χ0v) is 17.5. The minimum Gasteiger partial charge on any atom is -0.369 e. The Morgan fingerprint density at radius 1 is 1.34 bits per heavy atom. The number of nitrogens with one attached hydrogen (secondary N) is 1. The van der Waals surface area contributed by atoms with Crippen molar-refractivity contribution in [2.45, 2.75) is 45.6 Å². The molecule has 0 fully saturated rings. The minimum absolute atomic E-state index is 0.0677. The van der Waals surface area contributed by atoms with Gasteiger partial charge in [-0.15, -0.1) is 0 Å². The summed E-state index contributed by atoms with van der Waals surface area (Å²) >= 11 is 0.